The molecule has 2 aromatic carbocycles. The molecule has 0 saturated carbocycles. The van der Waals surface area contributed by atoms with Gasteiger partial charge in [-0.3, -0.25) is 0 Å². The minimum Gasteiger partial charge on any atom is -0.397 e. The first kappa shape index (κ1) is 20.6. The van der Waals surface area contributed by atoms with Crippen LogP contribution in [0.15, 0.2) is 48.5 Å². The topological polar surface area (TPSA) is 50.1 Å². The van der Waals surface area contributed by atoms with Gasteiger partial charge in [0.1, 0.15) is 0 Å². The van der Waals surface area contributed by atoms with Crippen LogP contribution in [0.5, 0.6) is 0 Å². The van der Waals surface area contributed by atoms with Crippen molar-refractivity contribution in [3.63, 3.8) is 0 Å². The number of thiocarbonyl (C=S) groups is 1. The molecule has 3 nitrogen and oxygen atoms in total. The summed E-state index contributed by atoms with van der Waals surface area (Å²) in [6.07, 6.45) is 1.79. The van der Waals surface area contributed by atoms with E-state index in [-0.39, 0.29) is 0 Å². The predicted molar refractivity (Wildman–Crippen MR) is 107 cm³/mol. The van der Waals surface area contributed by atoms with Crippen molar-refractivity contribution < 1.29 is 13.2 Å². The smallest absolute Gasteiger partial charge is 0.397 e. The third kappa shape index (κ3) is 6.19. The van der Waals surface area contributed by atoms with Gasteiger partial charge >= 0.3 is 6.18 Å². The summed E-state index contributed by atoms with van der Waals surface area (Å²) in [5.41, 5.74) is 6.98. The number of hydrogen-bond acceptors (Lipinski definition) is 3. The molecule has 7 heteroatoms. The number of nitrogen functional groups attached to an aromatic ring is 1. The number of rotatable bonds is 7. The van der Waals surface area contributed by atoms with Crippen molar-refractivity contribution >= 4 is 28.6 Å². The number of anilines is 2. The fraction of sp³-hybridized carbons (Fsp3) is 0.250. The molecular weight excluding hydrogens is 371 g/mol. The lowest BCUT2D eigenvalue weighted by molar-refractivity contribution is -0.137. The monoisotopic (exact) mass is 391 g/mol. The molecule has 0 radical (unpaired) electrons. The van der Waals surface area contributed by atoms with Gasteiger partial charge in [0, 0.05) is 6.42 Å². The van der Waals surface area contributed by atoms with Gasteiger partial charge in [-0.1, -0.05) is 36.5 Å². The summed E-state index contributed by atoms with van der Waals surface area (Å²) in [5, 5.41) is 6.21. The fourth-order valence-corrected chi connectivity index (χ4v) is 2.77. The average Bonchev–Trinajstić information content (AvgIpc) is 2.64. The maximum absolute atomic E-state index is 13.0. The van der Waals surface area contributed by atoms with E-state index in [1.54, 1.807) is 12.1 Å². The van der Waals surface area contributed by atoms with Gasteiger partial charge in [0.2, 0.25) is 0 Å². The molecule has 0 bridgehead atoms. The standard InChI is InChI=1S/C20H20F3N3S/c1-2-3-10-17(14-7-6-8-15(12-14)20(21,22)23)26-19(27)13-25-18-11-5-4-9-16(18)24/h1,4-9,11-12,17,25H,3,10,13,24H2,(H,26,27). The molecule has 0 fully saturated rings. The highest BCUT2D eigenvalue weighted by molar-refractivity contribution is 7.80. The Morgan fingerprint density at radius 1 is 1.19 bits per heavy atom. The van der Waals surface area contributed by atoms with E-state index in [2.05, 4.69) is 16.6 Å². The Bertz CT molecular complexity index is 828. The maximum Gasteiger partial charge on any atom is 0.416 e. The van der Waals surface area contributed by atoms with Crippen LogP contribution in [0.25, 0.3) is 0 Å². The molecule has 0 aliphatic heterocycles. The minimum atomic E-state index is -4.40. The molecule has 142 valence electrons. The molecule has 0 amide bonds. The van der Waals surface area contributed by atoms with E-state index >= 15 is 0 Å². The van der Waals surface area contributed by atoms with Crippen LogP contribution in [0, 0.1) is 12.3 Å². The van der Waals surface area contributed by atoms with E-state index in [4.69, 9.17) is 24.4 Å². The Balaban J connectivity index is 2.09. The lowest BCUT2D eigenvalue weighted by Crippen LogP contribution is -2.32. The van der Waals surface area contributed by atoms with Gasteiger partial charge in [-0.2, -0.15) is 13.2 Å². The Morgan fingerprint density at radius 2 is 1.93 bits per heavy atom. The van der Waals surface area contributed by atoms with Crippen molar-refractivity contribution in [2.24, 2.45) is 0 Å². The van der Waals surface area contributed by atoms with Crippen molar-refractivity contribution in [1.82, 2.24) is 5.32 Å². The average molecular weight is 391 g/mol. The van der Waals surface area contributed by atoms with Crippen molar-refractivity contribution in [2.45, 2.75) is 25.1 Å². The van der Waals surface area contributed by atoms with Gasteiger partial charge in [0.05, 0.1) is 34.5 Å². The van der Waals surface area contributed by atoms with Crippen LogP contribution in [0.4, 0.5) is 24.5 Å². The highest BCUT2D eigenvalue weighted by Gasteiger charge is 2.31. The second-order valence-electron chi connectivity index (χ2n) is 5.93. The minimum absolute atomic E-state index is 0.301. The zero-order valence-electron chi connectivity index (χ0n) is 14.5. The summed E-state index contributed by atoms with van der Waals surface area (Å²) >= 11 is 5.34. The Kier molecular flexibility index (Phi) is 7.08. The number of hydrogen-bond donors (Lipinski definition) is 3. The molecule has 27 heavy (non-hydrogen) atoms. The Morgan fingerprint density at radius 3 is 2.59 bits per heavy atom. The molecule has 1 atom stereocenters. The van der Waals surface area contributed by atoms with E-state index in [0.29, 0.717) is 35.6 Å². The summed E-state index contributed by atoms with van der Waals surface area (Å²) in [5.74, 6) is 2.51. The van der Waals surface area contributed by atoms with Gasteiger partial charge in [0.25, 0.3) is 0 Å². The first-order valence-electron chi connectivity index (χ1n) is 8.29. The van der Waals surface area contributed by atoms with Gasteiger partial charge in [-0.15, -0.1) is 12.3 Å². The fourth-order valence-electron chi connectivity index (χ4n) is 2.56. The third-order valence-corrected chi connectivity index (χ3v) is 4.19. The van der Waals surface area contributed by atoms with Crippen LogP contribution in [0.3, 0.4) is 0 Å². The first-order chi connectivity index (χ1) is 12.8. The second-order valence-corrected chi connectivity index (χ2v) is 6.42. The van der Waals surface area contributed by atoms with Gasteiger partial charge in [-0.05, 0) is 36.2 Å². The molecule has 0 saturated heterocycles. The zero-order valence-corrected chi connectivity index (χ0v) is 15.3. The lowest BCUT2D eigenvalue weighted by atomic mass is 9.99. The van der Waals surface area contributed by atoms with Crippen molar-refractivity contribution in [3.8, 4) is 12.3 Å². The van der Waals surface area contributed by atoms with E-state index < -0.39 is 17.8 Å². The van der Waals surface area contributed by atoms with Crippen molar-refractivity contribution in [1.29, 1.82) is 0 Å². The predicted octanol–water partition coefficient (Wildman–Crippen LogP) is 4.77. The highest BCUT2D eigenvalue weighted by Crippen LogP contribution is 2.31. The molecular formula is C20H20F3N3S. The molecule has 0 spiro atoms. The Labute approximate surface area is 162 Å². The number of para-hydroxylation sites is 2. The molecule has 0 aliphatic rings. The number of terminal acetylenes is 1. The molecule has 2 rings (SSSR count). The summed E-state index contributed by atoms with van der Waals surface area (Å²) in [7, 11) is 0. The van der Waals surface area contributed by atoms with E-state index in [0.717, 1.165) is 17.8 Å². The number of benzene rings is 2. The van der Waals surface area contributed by atoms with Gasteiger partial charge in [-0.25, -0.2) is 0 Å². The van der Waals surface area contributed by atoms with Crippen LogP contribution in [-0.2, 0) is 6.18 Å². The number of halogens is 3. The molecule has 0 heterocycles. The molecule has 2 aromatic rings. The zero-order chi connectivity index (χ0) is 19.9. The SMILES string of the molecule is C#CCCC(NC(=S)CNc1ccccc1N)c1cccc(C(F)(F)F)c1. The van der Waals surface area contributed by atoms with E-state index in [1.807, 2.05) is 18.2 Å². The number of nitrogens with one attached hydrogen (secondary N) is 2. The third-order valence-electron chi connectivity index (χ3n) is 3.93. The van der Waals surface area contributed by atoms with Crippen LogP contribution < -0.4 is 16.4 Å². The molecule has 1 unspecified atom stereocenters. The molecule has 4 N–H and O–H groups in total. The van der Waals surface area contributed by atoms with Crippen LogP contribution in [-0.4, -0.2) is 11.5 Å². The largest absolute Gasteiger partial charge is 0.416 e. The maximum atomic E-state index is 13.0. The highest BCUT2D eigenvalue weighted by atomic mass is 32.1. The summed E-state index contributed by atoms with van der Waals surface area (Å²) < 4.78 is 39.0. The number of nitrogens with two attached hydrogens (primary N) is 1. The summed E-state index contributed by atoms with van der Waals surface area (Å²) in [6, 6.07) is 12.0. The summed E-state index contributed by atoms with van der Waals surface area (Å²) in [4.78, 5) is 0.456. The van der Waals surface area contributed by atoms with Crippen LogP contribution in [0.2, 0.25) is 0 Å². The van der Waals surface area contributed by atoms with Crippen molar-refractivity contribution in [2.75, 3.05) is 17.6 Å². The van der Waals surface area contributed by atoms with Gasteiger partial charge < -0.3 is 16.4 Å². The Hall–Kier alpha value is -2.72. The van der Waals surface area contributed by atoms with E-state index in [9.17, 15) is 13.2 Å². The quantitative estimate of drug-likeness (QED) is 0.361. The molecule has 0 aliphatic carbocycles. The normalized spacial score (nSPS) is 12.1. The van der Waals surface area contributed by atoms with Crippen LogP contribution in [0.1, 0.15) is 30.0 Å². The van der Waals surface area contributed by atoms with Gasteiger partial charge in [0.15, 0.2) is 0 Å². The van der Waals surface area contributed by atoms with E-state index in [1.165, 1.54) is 6.07 Å². The first-order valence-corrected chi connectivity index (χ1v) is 8.70. The second kappa shape index (κ2) is 9.28. The lowest BCUT2D eigenvalue weighted by Gasteiger charge is -2.22. The van der Waals surface area contributed by atoms with Crippen molar-refractivity contribution in [3.05, 3.63) is 59.7 Å². The van der Waals surface area contributed by atoms with Crippen LogP contribution >= 0.6 is 12.2 Å². The molecule has 0 aromatic heterocycles. The number of alkyl halides is 3. The summed E-state index contributed by atoms with van der Waals surface area (Å²) in [6.45, 7) is 0.301.